The number of anilines is 3. The second-order valence-electron chi connectivity index (χ2n) is 12.2. The van der Waals surface area contributed by atoms with E-state index in [0.29, 0.717) is 37.8 Å². The first-order chi connectivity index (χ1) is 23.3. The molecule has 0 unspecified atom stereocenters. The van der Waals surface area contributed by atoms with Crippen LogP contribution in [-0.4, -0.2) is 71.4 Å². The molecule has 1 atom stereocenters. The van der Waals surface area contributed by atoms with Crippen LogP contribution in [0.4, 0.5) is 26.0 Å². The van der Waals surface area contributed by atoms with E-state index < -0.39 is 24.2 Å². The summed E-state index contributed by atoms with van der Waals surface area (Å²) in [5.74, 6) is -2.19. The molecule has 1 saturated heterocycles. The molecule has 8 rings (SSSR count). The quantitative estimate of drug-likeness (QED) is 0.227. The molecule has 1 N–H and O–H groups in total. The van der Waals surface area contributed by atoms with E-state index in [1.807, 2.05) is 66.5 Å². The van der Waals surface area contributed by atoms with E-state index in [0.717, 1.165) is 51.5 Å². The van der Waals surface area contributed by atoms with E-state index >= 15 is 0 Å². The van der Waals surface area contributed by atoms with Gasteiger partial charge in [0.1, 0.15) is 5.75 Å². The van der Waals surface area contributed by atoms with Crippen molar-refractivity contribution in [1.29, 1.82) is 0 Å². The number of aromatic nitrogens is 4. The number of benzene rings is 2. The zero-order chi connectivity index (χ0) is 33.0. The number of imidazole rings is 1. The minimum Gasteiger partial charge on any atom is -0.497 e. The third kappa shape index (κ3) is 5.48. The molecule has 1 aliphatic carbocycles. The van der Waals surface area contributed by atoms with Crippen LogP contribution in [0.15, 0.2) is 73.1 Å². The topological polar surface area (TPSA) is 106 Å². The highest BCUT2D eigenvalue weighted by atomic mass is 19.3. The molecular formula is C35H33F2N7O4. The number of nitrogens with zero attached hydrogens (tertiary/aromatic N) is 6. The number of amides is 1. The van der Waals surface area contributed by atoms with Crippen LogP contribution in [0.2, 0.25) is 0 Å². The first-order valence-corrected chi connectivity index (χ1v) is 15.8. The number of nitrogens with one attached hydrogen (secondary N) is 1. The van der Waals surface area contributed by atoms with Gasteiger partial charge in [0.05, 0.1) is 43.9 Å². The van der Waals surface area contributed by atoms with E-state index in [4.69, 9.17) is 24.3 Å². The van der Waals surface area contributed by atoms with E-state index in [9.17, 15) is 13.6 Å². The van der Waals surface area contributed by atoms with E-state index in [-0.39, 0.29) is 12.1 Å². The van der Waals surface area contributed by atoms with Crippen LogP contribution in [0.5, 0.6) is 5.75 Å². The molecular weight excluding hydrogens is 620 g/mol. The van der Waals surface area contributed by atoms with Crippen molar-refractivity contribution < 1.29 is 27.8 Å². The number of carbonyl (C=O) groups is 1. The van der Waals surface area contributed by atoms with Gasteiger partial charge in [-0.25, -0.2) is 18.3 Å². The molecule has 3 aliphatic rings. The van der Waals surface area contributed by atoms with E-state index in [1.165, 1.54) is 10.7 Å². The lowest BCUT2D eigenvalue weighted by Gasteiger charge is -2.24. The normalized spacial score (nSPS) is 18.2. The van der Waals surface area contributed by atoms with Crippen LogP contribution in [0, 0.1) is 0 Å². The van der Waals surface area contributed by atoms with Gasteiger partial charge < -0.3 is 29.3 Å². The molecule has 1 amide bonds. The maximum absolute atomic E-state index is 13.7. The Morgan fingerprint density at radius 2 is 1.88 bits per heavy atom. The van der Waals surface area contributed by atoms with Crippen molar-refractivity contribution in [3.63, 3.8) is 0 Å². The average molecular weight is 654 g/mol. The Labute approximate surface area is 275 Å². The van der Waals surface area contributed by atoms with Crippen LogP contribution < -0.4 is 19.9 Å². The number of carbonyl (C=O) groups excluding carboxylic acids is 1. The predicted molar refractivity (Wildman–Crippen MR) is 174 cm³/mol. The van der Waals surface area contributed by atoms with Gasteiger partial charge in [-0.2, -0.15) is 0 Å². The number of rotatable bonds is 9. The van der Waals surface area contributed by atoms with Crippen molar-refractivity contribution in [3.05, 3.63) is 95.4 Å². The number of hydrogen-bond donors (Lipinski definition) is 1. The first-order valence-electron chi connectivity index (χ1n) is 15.8. The van der Waals surface area contributed by atoms with Gasteiger partial charge in [0.25, 0.3) is 11.8 Å². The number of pyridine rings is 1. The van der Waals surface area contributed by atoms with Gasteiger partial charge in [-0.15, -0.1) is 5.10 Å². The molecule has 0 bridgehead atoms. The molecule has 246 valence electrons. The van der Waals surface area contributed by atoms with Crippen molar-refractivity contribution in [3.8, 4) is 17.0 Å². The largest absolute Gasteiger partial charge is 0.497 e. The number of halogens is 2. The molecule has 5 aromatic rings. The lowest BCUT2D eigenvalue weighted by atomic mass is 10.0. The van der Waals surface area contributed by atoms with E-state index in [2.05, 4.69) is 21.3 Å². The van der Waals surface area contributed by atoms with Crippen molar-refractivity contribution in [2.24, 2.45) is 0 Å². The Kier molecular flexibility index (Phi) is 7.45. The number of ether oxygens (including phenoxy) is 3. The van der Waals surface area contributed by atoms with Gasteiger partial charge in [0, 0.05) is 55.6 Å². The summed E-state index contributed by atoms with van der Waals surface area (Å²) in [5.41, 5.74) is 7.11. The van der Waals surface area contributed by atoms with Crippen LogP contribution in [-0.2, 0) is 22.4 Å². The molecule has 2 aliphatic heterocycles. The van der Waals surface area contributed by atoms with Gasteiger partial charge in [-0.1, -0.05) is 30.3 Å². The Hall–Kier alpha value is -5.14. The highest BCUT2D eigenvalue weighted by Crippen LogP contribution is 2.42. The third-order valence-corrected chi connectivity index (χ3v) is 9.05. The lowest BCUT2D eigenvalue weighted by Crippen LogP contribution is -2.30. The molecule has 13 heteroatoms. The number of fused-ring (bicyclic) bond motifs is 2. The Bertz CT molecular complexity index is 2000. The standard InChI is InChI=1S/C35H33F2N7O4/c1-42(20-21-6-9-23(46-2)10-7-21)28-16-31(41-44-29(19-39-32(28)44)33(45)40-30-17-35(30,36)37)43-13-12-25-24(4-3-5-27(25)43)26-11-8-22(18-38-26)34-47-14-15-48-34/h3-11,16,18-19,30,34H,12-15,17,20H2,1-2H3,(H,40,45)/t30-/m0/s1. The van der Waals surface area contributed by atoms with E-state index in [1.54, 1.807) is 13.3 Å². The minimum absolute atomic E-state index is 0.0846. The predicted octanol–water partition coefficient (Wildman–Crippen LogP) is 5.31. The fraction of sp³-hybridized carbons (Fsp3) is 0.314. The zero-order valence-corrected chi connectivity index (χ0v) is 26.4. The van der Waals surface area contributed by atoms with Gasteiger partial charge in [-0.05, 0) is 41.8 Å². The van der Waals surface area contributed by atoms with Gasteiger partial charge >= 0.3 is 0 Å². The summed E-state index contributed by atoms with van der Waals surface area (Å²) < 4.78 is 45.4. The zero-order valence-electron chi connectivity index (χ0n) is 26.4. The van der Waals surface area contributed by atoms with Crippen LogP contribution in [0.25, 0.3) is 16.9 Å². The van der Waals surface area contributed by atoms with Crippen molar-refractivity contribution in [1.82, 2.24) is 24.9 Å². The number of methoxy groups -OCH3 is 1. The summed E-state index contributed by atoms with van der Waals surface area (Å²) in [6.45, 7) is 2.30. The second-order valence-corrected chi connectivity index (χ2v) is 12.2. The van der Waals surface area contributed by atoms with Crippen LogP contribution >= 0.6 is 0 Å². The fourth-order valence-corrected chi connectivity index (χ4v) is 6.37. The maximum Gasteiger partial charge on any atom is 0.272 e. The molecule has 2 fully saturated rings. The fourth-order valence-electron chi connectivity index (χ4n) is 6.37. The molecule has 0 spiro atoms. The molecule has 3 aromatic heterocycles. The minimum atomic E-state index is -2.90. The monoisotopic (exact) mass is 653 g/mol. The van der Waals surface area contributed by atoms with Gasteiger partial charge in [0.2, 0.25) is 0 Å². The van der Waals surface area contributed by atoms with Crippen LogP contribution in [0.1, 0.15) is 39.9 Å². The summed E-state index contributed by atoms with van der Waals surface area (Å²) in [5, 5.41) is 7.32. The SMILES string of the molecule is COc1ccc(CN(C)c2cc(N3CCc4c(-c5ccc(C6OCCO6)cn5)cccc43)nn3c(C(=O)N[C@H]4CC4(F)F)cnc23)cc1. The molecule has 5 heterocycles. The third-order valence-electron chi connectivity index (χ3n) is 9.05. The number of hydrogen-bond acceptors (Lipinski definition) is 9. The smallest absolute Gasteiger partial charge is 0.272 e. The Morgan fingerprint density at radius 3 is 2.58 bits per heavy atom. The summed E-state index contributed by atoms with van der Waals surface area (Å²) in [4.78, 5) is 26.6. The highest BCUT2D eigenvalue weighted by Gasteiger charge is 2.58. The van der Waals surface area contributed by atoms with Crippen molar-refractivity contribution >= 4 is 28.7 Å². The molecule has 0 radical (unpaired) electrons. The molecule has 1 saturated carbocycles. The second kappa shape index (κ2) is 11.8. The summed E-state index contributed by atoms with van der Waals surface area (Å²) in [7, 11) is 3.57. The Morgan fingerprint density at radius 1 is 1.08 bits per heavy atom. The summed E-state index contributed by atoms with van der Waals surface area (Å²) in [6, 6.07) is 18.6. The van der Waals surface area contributed by atoms with Crippen LogP contribution in [0.3, 0.4) is 0 Å². The number of alkyl halides is 2. The van der Waals surface area contributed by atoms with Crippen molar-refractivity contribution in [2.75, 3.05) is 43.7 Å². The summed E-state index contributed by atoms with van der Waals surface area (Å²) >= 11 is 0. The first kappa shape index (κ1) is 30.2. The molecule has 2 aromatic carbocycles. The maximum atomic E-state index is 13.7. The van der Waals surface area contributed by atoms with Crippen molar-refractivity contribution in [2.45, 2.75) is 37.6 Å². The van der Waals surface area contributed by atoms with Gasteiger partial charge in [-0.3, -0.25) is 9.78 Å². The van der Waals surface area contributed by atoms with Gasteiger partial charge in [0.15, 0.2) is 23.4 Å². The Balaban J connectivity index is 1.16. The summed E-state index contributed by atoms with van der Waals surface area (Å²) in [6.07, 6.45) is 3.16. The molecule has 11 nitrogen and oxygen atoms in total. The lowest BCUT2D eigenvalue weighted by molar-refractivity contribution is -0.0443. The molecule has 48 heavy (non-hydrogen) atoms. The highest BCUT2D eigenvalue weighted by molar-refractivity contribution is 5.94. The average Bonchev–Trinajstić information content (AvgIpc) is 3.65.